The van der Waals surface area contributed by atoms with E-state index < -0.39 is 22.9 Å². The molecular weight excluding hydrogens is 463 g/mol. The number of aromatic nitrogens is 2. The molecule has 0 radical (unpaired) electrons. The van der Waals surface area contributed by atoms with Crippen molar-refractivity contribution in [3.8, 4) is 5.69 Å². The number of benzene rings is 2. The molecule has 0 saturated heterocycles. The molecule has 0 aliphatic heterocycles. The van der Waals surface area contributed by atoms with Crippen LogP contribution in [0.15, 0.2) is 52.9 Å². The Balaban J connectivity index is 1.75. The molecule has 0 bridgehead atoms. The Morgan fingerprint density at radius 1 is 1.28 bits per heavy atom. The van der Waals surface area contributed by atoms with E-state index in [0.717, 1.165) is 29.6 Å². The lowest BCUT2D eigenvalue weighted by Gasteiger charge is -2.16. The van der Waals surface area contributed by atoms with E-state index in [-0.39, 0.29) is 10.7 Å². The molecule has 1 aromatic heterocycles. The third kappa shape index (κ3) is 5.39. The van der Waals surface area contributed by atoms with Crippen LogP contribution in [0.2, 0.25) is 5.02 Å². The average Bonchev–Trinajstić information content (AvgIpc) is 3.03. The largest absolute Gasteiger partial charge is 0.418 e. The number of halogens is 4. The van der Waals surface area contributed by atoms with Crippen molar-refractivity contribution in [1.29, 1.82) is 0 Å². The first-order chi connectivity index (χ1) is 13.6. The van der Waals surface area contributed by atoms with Crippen molar-refractivity contribution < 1.29 is 18.0 Å². The number of carbonyl (C=O) groups excluding carboxylic acids is 1. The number of para-hydroxylation sites is 1. The van der Waals surface area contributed by atoms with Gasteiger partial charge in [-0.25, -0.2) is 4.68 Å². The maximum absolute atomic E-state index is 13.2. The zero-order valence-corrected chi connectivity index (χ0v) is 17.9. The zero-order valence-electron chi connectivity index (χ0n) is 14.7. The second-order valence-electron chi connectivity index (χ2n) is 5.82. The molecule has 0 aliphatic rings. The average molecular weight is 476 g/mol. The lowest BCUT2D eigenvalue weighted by atomic mass is 10.1. The second kappa shape index (κ2) is 8.86. The quantitative estimate of drug-likeness (QED) is 0.340. The summed E-state index contributed by atoms with van der Waals surface area (Å²) in [7, 11) is 0. The van der Waals surface area contributed by atoms with Crippen LogP contribution < -0.4 is 5.32 Å². The number of hydrogen-bond acceptors (Lipinski definition) is 5. The zero-order chi connectivity index (χ0) is 21.2. The van der Waals surface area contributed by atoms with Gasteiger partial charge in [-0.05, 0) is 49.5 Å². The summed E-state index contributed by atoms with van der Waals surface area (Å²) in [5.41, 5.74) is -0.560. The number of rotatable bonds is 5. The van der Waals surface area contributed by atoms with Crippen LogP contribution in [0.4, 0.5) is 18.9 Å². The molecule has 1 atom stereocenters. The van der Waals surface area contributed by atoms with Crippen LogP contribution in [-0.2, 0) is 11.0 Å². The summed E-state index contributed by atoms with van der Waals surface area (Å²) >= 11 is 13.3. The molecule has 152 valence electrons. The lowest BCUT2D eigenvalue weighted by Crippen LogP contribution is -2.24. The first kappa shape index (κ1) is 21.8. The van der Waals surface area contributed by atoms with Gasteiger partial charge in [0.15, 0.2) is 8.29 Å². The SMILES string of the molecule is CC(Sc1nn(-c2ccccc2)c(=S)s1)C(=O)Nc1ccc(Cl)cc1C(F)(F)F. The fraction of sp³-hybridized carbons (Fsp3) is 0.167. The molecule has 0 aliphatic carbocycles. The Kier molecular flexibility index (Phi) is 6.67. The molecule has 3 aromatic rings. The van der Waals surface area contributed by atoms with Gasteiger partial charge in [0.05, 0.1) is 22.2 Å². The predicted octanol–water partition coefficient (Wildman–Crippen LogP) is 6.45. The molecule has 2 aromatic carbocycles. The molecule has 0 spiro atoms. The van der Waals surface area contributed by atoms with Crippen molar-refractivity contribution in [2.45, 2.75) is 22.7 Å². The highest BCUT2D eigenvalue weighted by Gasteiger charge is 2.34. The van der Waals surface area contributed by atoms with Gasteiger partial charge < -0.3 is 5.32 Å². The van der Waals surface area contributed by atoms with Crippen molar-refractivity contribution in [2.24, 2.45) is 0 Å². The standard InChI is InChI=1S/C18H13ClF3N3OS3/c1-10(15(26)23-14-8-7-11(19)9-13(14)18(20,21)22)28-16-24-25(17(27)29-16)12-5-3-2-4-6-12/h2-10H,1H3,(H,23,26). The maximum Gasteiger partial charge on any atom is 0.418 e. The van der Waals surface area contributed by atoms with Crippen molar-refractivity contribution in [3.63, 3.8) is 0 Å². The lowest BCUT2D eigenvalue weighted by molar-refractivity contribution is -0.137. The molecule has 1 unspecified atom stereocenters. The van der Waals surface area contributed by atoms with Crippen molar-refractivity contribution in [2.75, 3.05) is 5.32 Å². The second-order valence-corrected chi connectivity index (χ2v) is 9.47. The van der Waals surface area contributed by atoms with Crippen LogP contribution in [-0.4, -0.2) is 20.9 Å². The molecule has 1 heterocycles. The predicted molar refractivity (Wildman–Crippen MR) is 113 cm³/mol. The summed E-state index contributed by atoms with van der Waals surface area (Å²) in [5.74, 6) is -0.588. The van der Waals surface area contributed by atoms with E-state index >= 15 is 0 Å². The number of amides is 1. The maximum atomic E-state index is 13.2. The van der Waals surface area contributed by atoms with Crippen LogP contribution >= 0.6 is 46.9 Å². The van der Waals surface area contributed by atoms with E-state index in [1.807, 2.05) is 30.3 Å². The van der Waals surface area contributed by atoms with Gasteiger partial charge in [-0.2, -0.15) is 13.2 Å². The Labute approximate surface area is 182 Å². The van der Waals surface area contributed by atoms with Gasteiger partial charge in [0.1, 0.15) is 0 Å². The van der Waals surface area contributed by atoms with E-state index in [1.54, 1.807) is 11.6 Å². The topological polar surface area (TPSA) is 46.9 Å². The first-order valence-electron chi connectivity index (χ1n) is 8.15. The van der Waals surface area contributed by atoms with Gasteiger partial charge in [0.2, 0.25) is 5.91 Å². The minimum atomic E-state index is -4.64. The fourth-order valence-corrected chi connectivity index (χ4v) is 5.02. The highest BCUT2D eigenvalue weighted by molar-refractivity contribution is 8.02. The number of carbonyl (C=O) groups is 1. The Hall–Kier alpha value is -1.88. The summed E-state index contributed by atoms with van der Waals surface area (Å²) in [6.45, 7) is 1.58. The Morgan fingerprint density at radius 2 is 1.97 bits per heavy atom. The molecule has 3 rings (SSSR count). The number of nitrogens with one attached hydrogen (secondary N) is 1. The summed E-state index contributed by atoms with van der Waals surface area (Å²) in [6.07, 6.45) is -4.64. The van der Waals surface area contributed by atoms with E-state index in [4.69, 9.17) is 23.8 Å². The minimum Gasteiger partial charge on any atom is -0.325 e. The summed E-state index contributed by atoms with van der Waals surface area (Å²) in [5, 5.41) is 5.95. The van der Waals surface area contributed by atoms with Gasteiger partial charge in [0, 0.05) is 5.02 Å². The smallest absolute Gasteiger partial charge is 0.325 e. The van der Waals surface area contributed by atoms with Crippen LogP contribution in [0.5, 0.6) is 0 Å². The monoisotopic (exact) mass is 475 g/mol. The van der Waals surface area contributed by atoms with Crippen LogP contribution in [0.3, 0.4) is 0 Å². The molecule has 29 heavy (non-hydrogen) atoms. The number of thioether (sulfide) groups is 1. The fourth-order valence-electron chi connectivity index (χ4n) is 2.34. The normalized spacial score (nSPS) is 12.6. The van der Waals surface area contributed by atoms with Gasteiger partial charge in [-0.3, -0.25) is 4.79 Å². The molecule has 11 heteroatoms. The molecule has 1 N–H and O–H groups in total. The summed E-state index contributed by atoms with van der Waals surface area (Å²) in [6, 6.07) is 12.5. The molecular formula is C18H13ClF3N3OS3. The van der Waals surface area contributed by atoms with Crippen LogP contribution in [0.1, 0.15) is 12.5 Å². The van der Waals surface area contributed by atoms with Crippen LogP contribution in [0, 0.1) is 3.95 Å². The van der Waals surface area contributed by atoms with E-state index in [9.17, 15) is 18.0 Å². The van der Waals surface area contributed by atoms with Gasteiger partial charge in [0.25, 0.3) is 0 Å². The Bertz CT molecular complexity index is 1080. The Morgan fingerprint density at radius 3 is 2.62 bits per heavy atom. The van der Waals surface area contributed by atoms with Crippen LogP contribution in [0.25, 0.3) is 5.69 Å². The first-order valence-corrected chi connectivity index (χ1v) is 10.6. The number of anilines is 1. The summed E-state index contributed by atoms with van der Waals surface area (Å²) < 4.78 is 42.2. The summed E-state index contributed by atoms with van der Waals surface area (Å²) in [4.78, 5) is 12.5. The molecule has 4 nitrogen and oxygen atoms in total. The van der Waals surface area contributed by atoms with Crippen molar-refractivity contribution >= 4 is 58.5 Å². The number of nitrogens with zero attached hydrogens (tertiary/aromatic N) is 2. The molecule has 1 amide bonds. The van der Waals surface area contributed by atoms with E-state index in [1.165, 1.54) is 17.4 Å². The molecule has 0 fully saturated rings. The third-order valence-electron chi connectivity index (χ3n) is 3.72. The highest BCUT2D eigenvalue weighted by atomic mass is 35.5. The van der Waals surface area contributed by atoms with Gasteiger partial charge in [-0.1, -0.05) is 52.9 Å². The third-order valence-corrected chi connectivity index (χ3v) is 6.37. The van der Waals surface area contributed by atoms with E-state index in [2.05, 4.69) is 10.4 Å². The highest BCUT2D eigenvalue weighted by Crippen LogP contribution is 2.37. The van der Waals surface area contributed by atoms with Crippen molar-refractivity contribution in [1.82, 2.24) is 9.78 Å². The van der Waals surface area contributed by atoms with Gasteiger partial charge >= 0.3 is 6.18 Å². The van der Waals surface area contributed by atoms with Gasteiger partial charge in [-0.15, -0.1) is 5.10 Å². The van der Waals surface area contributed by atoms with Crippen molar-refractivity contribution in [3.05, 3.63) is 63.1 Å². The number of hydrogen-bond donors (Lipinski definition) is 1. The number of alkyl halides is 3. The minimum absolute atomic E-state index is 0.0658. The molecule has 0 saturated carbocycles. The van der Waals surface area contributed by atoms with E-state index in [0.29, 0.717) is 8.29 Å².